The second-order valence-corrected chi connectivity index (χ2v) is 7.56. The SMILES string of the molecule is O=c1[nH]c(=O)n([C@H]2C[C@@H]3O[P+](O)(OCC(F)(F)C(F)(F)F)OC[C@H]3O2)cc1F. The summed E-state index contributed by atoms with van der Waals surface area (Å²) in [6, 6.07) is 0. The van der Waals surface area contributed by atoms with Crippen LogP contribution >= 0.6 is 8.17 Å². The molecule has 9 nitrogen and oxygen atoms in total. The van der Waals surface area contributed by atoms with Gasteiger partial charge in [0.1, 0.15) is 25.0 Å². The number of ether oxygens (including phenoxy) is 1. The van der Waals surface area contributed by atoms with Crippen molar-refractivity contribution in [1.29, 1.82) is 0 Å². The molecule has 0 saturated carbocycles. The zero-order chi connectivity index (χ0) is 20.9. The smallest absolute Gasteiger partial charge is 0.349 e. The second kappa shape index (κ2) is 7.07. The largest absolute Gasteiger partial charge is 0.573 e. The van der Waals surface area contributed by atoms with Crippen molar-refractivity contribution in [1.82, 2.24) is 9.55 Å². The minimum atomic E-state index is -5.90. The lowest BCUT2D eigenvalue weighted by Crippen LogP contribution is -2.42. The summed E-state index contributed by atoms with van der Waals surface area (Å²) in [6.45, 7) is -2.74. The van der Waals surface area contributed by atoms with Crippen LogP contribution in [0.15, 0.2) is 15.8 Å². The minimum absolute atomic E-state index is 0.235. The molecule has 158 valence electrons. The molecule has 2 aliphatic heterocycles. The van der Waals surface area contributed by atoms with E-state index in [-0.39, 0.29) is 6.42 Å². The Bertz CT molecular complexity index is 860. The predicted molar refractivity (Wildman–Crippen MR) is 76.7 cm³/mol. The number of aromatic amines is 1. The molecule has 2 N–H and O–H groups in total. The molecule has 0 radical (unpaired) electrons. The number of hydrogen-bond donors (Lipinski definition) is 2. The van der Waals surface area contributed by atoms with Crippen molar-refractivity contribution in [2.75, 3.05) is 13.2 Å². The van der Waals surface area contributed by atoms with Gasteiger partial charge >= 0.3 is 26.0 Å². The quantitative estimate of drug-likeness (QED) is 0.535. The number of nitrogens with one attached hydrogen (secondary N) is 1. The Hall–Kier alpha value is -1.51. The van der Waals surface area contributed by atoms with Gasteiger partial charge in [0.05, 0.1) is 6.20 Å². The summed E-state index contributed by atoms with van der Waals surface area (Å²) in [5.41, 5.74) is -2.27. The normalized spacial score (nSPS) is 31.0. The van der Waals surface area contributed by atoms with Crippen LogP contribution in [-0.4, -0.2) is 52.0 Å². The molecule has 28 heavy (non-hydrogen) atoms. The molecular formula is C12H12F6N2O7P+. The van der Waals surface area contributed by atoms with E-state index in [0.717, 1.165) is 0 Å². The van der Waals surface area contributed by atoms with Crippen LogP contribution in [0.4, 0.5) is 26.3 Å². The summed E-state index contributed by atoms with van der Waals surface area (Å²) in [6.07, 6.45) is -8.81. The van der Waals surface area contributed by atoms with Crippen LogP contribution in [0, 0.1) is 5.82 Å². The standard InChI is InChI=1S/C12H11F6N2O7P/c13-5-2-20(10(22)19-9(5)21)8-1-6-7(26-8)3-24-28(23,27-6)25-4-11(14,15)12(16,17)18/h2,6-8,23H,1,3-4H2/p+1/t6-,7+,8+,28?/m0/s1. The van der Waals surface area contributed by atoms with Gasteiger partial charge in [-0.2, -0.15) is 35.8 Å². The molecule has 3 rings (SSSR count). The van der Waals surface area contributed by atoms with Gasteiger partial charge < -0.3 is 4.74 Å². The van der Waals surface area contributed by atoms with Gasteiger partial charge in [0.2, 0.25) is 5.82 Å². The minimum Gasteiger partial charge on any atom is -0.349 e. The molecule has 1 unspecified atom stereocenters. The average molecular weight is 441 g/mol. The molecule has 1 aromatic heterocycles. The summed E-state index contributed by atoms with van der Waals surface area (Å²) in [7, 11) is -4.53. The highest BCUT2D eigenvalue weighted by atomic mass is 31.2. The molecule has 0 bridgehead atoms. The fourth-order valence-corrected chi connectivity index (χ4v) is 3.91. The molecule has 0 aromatic carbocycles. The van der Waals surface area contributed by atoms with E-state index in [2.05, 4.69) is 4.52 Å². The molecule has 0 aliphatic carbocycles. The highest BCUT2D eigenvalue weighted by Crippen LogP contribution is 2.64. The van der Waals surface area contributed by atoms with Crippen LogP contribution in [0.1, 0.15) is 12.6 Å². The van der Waals surface area contributed by atoms with Crippen LogP contribution in [-0.2, 0) is 18.3 Å². The first-order valence-corrected chi connectivity index (χ1v) is 9.01. The predicted octanol–water partition coefficient (Wildman–Crippen LogP) is 1.26. The van der Waals surface area contributed by atoms with Crippen molar-refractivity contribution in [3.63, 3.8) is 0 Å². The summed E-state index contributed by atoms with van der Waals surface area (Å²) < 4.78 is 95.7. The fourth-order valence-electron chi connectivity index (χ4n) is 2.49. The van der Waals surface area contributed by atoms with E-state index in [0.29, 0.717) is 10.8 Å². The Labute approximate surface area is 151 Å². The summed E-state index contributed by atoms with van der Waals surface area (Å²) in [4.78, 5) is 34.5. The van der Waals surface area contributed by atoms with Crippen LogP contribution in [0.5, 0.6) is 0 Å². The number of halogens is 6. The van der Waals surface area contributed by atoms with Gasteiger partial charge in [-0.25, -0.2) is 4.79 Å². The molecule has 2 saturated heterocycles. The molecule has 0 amide bonds. The van der Waals surface area contributed by atoms with Gasteiger partial charge in [0.15, 0.2) is 6.61 Å². The van der Waals surface area contributed by atoms with Gasteiger partial charge in [0.25, 0.3) is 5.56 Å². The molecule has 4 atom stereocenters. The maximum Gasteiger partial charge on any atom is 0.573 e. The number of hydrogen-bond acceptors (Lipinski definition) is 7. The van der Waals surface area contributed by atoms with Crippen LogP contribution in [0.2, 0.25) is 0 Å². The first-order valence-electron chi connectivity index (χ1n) is 7.51. The van der Waals surface area contributed by atoms with Crippen molar-refractivity contribution >= 4 is 8.17 Å². The number of aromatic nitrogens is 2. The Morgan fingerprint density at radius 1 is 1.29 bits per heavy atom. The average Bonchev–Trinajstić information content (AvgIpc) is 2.98. The van der Waals surface area contributed by atoms with Crippen molar-refractivity contribution in [3.8, 4) is 0 Å². The fraction of sp³-hybridized carbons (Fsp3) is 0.667. The number of alkyl halides is 5. The Balaban J connectivity index is 1.68. The van der Waals surface area contributed by atoms with Crippen LogP contribution in [0.3, 0.4) is 0 Å². The lowest BCUT2D eigenvalue weighted by molar-refractivity contribution is -0.292. The third kappa shape index (κ3) is 4.09. The van der Waals surface area contributed by atoms with Crippen molar-refractivity contribution < 1.29 is 49.5 Å². The Morgan fingerprint density at radius 2 is 1.96 bits per heavy atom. The van der Waals surface area contributed by atoms with Gasteiger partial charge in [-0.05, 0) is 0 Å². The molecule has 3 heterocycles. The number of H-pyrrole nitrogens is 1. The molecule has 0 spiro atoms. The van der Waals surface area contributed by atoms with E-state index in [1.807, 2.05) is 0 Å². The maximum atomic E-state index is 13.4. The van der Waals surface area contributed by atoms with E-state index < -0.39 is 69.0 Å². The van der Waals surface area contributed by atoms with Crippen molar-refractivity contribution in [2.45, 2.75) is 37.0 Å². The van der Waals surface area contributed by atoms with E-state index in [4.69, 9.17) is 13.8 Å². The first-order chi connectivity index (χ1) is 12.8. The van der Waals surface area contributed by atoms with Gasteiger partial charge in [-0.15, -0.1) is 9.05 Å². The van der Waals surface area contributed by atoms with E-state index in [9.17, 15) is 40.8 Å². The van der Waals surface area contributed by atoms with Crippen molar-refractivity contribution in [3.05, 3.63) is 32.9 Å². The summed E-state index contributed by atoms with van der Waals surface area (Å²) >= 11 is 0. The Kier molecular flexibility index (Phi) is 5.36. The second-order valence-electron chi connectivity index (χ2n) is 5.89. The lowest BCUT2D eigenvalue weighted by Gasteiger charge is -2.27. The monoisotopic (exact) mass is 441 g/mol. The molecule has 1 aromatic rings. The Morgan fingerprint density at radius 3 is 2.61 bits per heavy atom. The molecule has 16 heteroatoms. The topological polar surface area (TPSA) is 112 Å². The highest BCUT2D eigenvalue weighted by Gasteiger charge is 2.64. The van der Waals surface area contributed by atoms with Gasteiger partial charge in [0, 0.05) is 6.42 Å². The van der Waals surface area contributed by atoms with Gasteiger partial charge in [-0.1, -0.05) is 0 Å². The van der Waals surface area contributed by atoms with Crippen LogP contribution in [0.25, 0.3) is 0 Å². The molecule has 2 aliphatic rings. The van der Waals surface area contributed by atoms with Crippen molar-refractivity contribution in [2.24, 2.45) is 0 Å². The third-order valence-electron chi connectivity index (χ3n) is 3.91. The van der Waals surface area contributed by atoms with E-state index >= 15 is 0 Å². The zero-order valence-electron chi connectivity index (χ0n) is 13.5. The summed E-state index contributed by atoms with van der Waals surface area (Å²) in [5, 5.41) is 0. The number of nitrogens with zero attached hydrogens (tertiary/aromatic N) is 1. The third-order valence-corrected chi connectivity index (χ3v) is 5.38. The van der Waals surface area contributed by atoms with Gasteiger partial charge in [-0.3, -0.25) is 14.3 Å². The number of rotatable bonds is 4. The van der Waals surface area contributed by atoms with E-state index in [1.54, 1.807) is 4.98 Å². The highest BCUT2D eigenvalue weighted by molar-refractivity contribution is 7.55. The van der Waals surface area contributed by atoms with Crippen LogP contribution < -0.4 is 11.2 Å². The molecular weight excluding hydrogens is 429 g/mol. The summed E-state index contributed by atoms with van der Waals surface area (Å²) in [5.74, 6) is -6.53. The van der Waals surface area contributed by atoms with E-state index in [1.165, 1.54) is 0 Å². The molecule has 2 fully saturated rings. The zero-order valence-corrected chi connectivity index (χ0v) is 14.4. The number of fused-ring (bicyclic) bond motifs is 1. The first kappa shape index (κ1) is 21.2. The lowest BCUT2D eigenvalue weighted by atomic mass is 10.2. The maximum absolute atomic E-state index is 13.4.